The number of aromatic carboxylic acids is 1. The molecule has 0 bridgehead atoms. The highest BCUT2D eigenvalue weighted by atomic mass is 16.5. The van der Waals surface area contributed by atoms with E-state index in [1.165, 1.54) is 62.9 Å². The van der Waals surface area contributed by atoms with Crippen molar-refractivity contribution in [1.82, 2.24) is 20.7 Å². The number of hydrogen-bond donors (Lipinski definition) is 8. The van der Waals surface area contributed by atoms with Gasteiger partial charge in [0.25, 0.3) is 17.7 Å². The van der Waals surface area contributed by atoms with Crippen molar-refractivity contribution in [2.24, 2.45) is 0 Å². The van der Waals surface area contributed by atoms with E-state index in [0.717, 1.165) is 17.2 Å². The number of phenols is 2. The maximum absolute atomic E-state index is 13.5. The number of carbonyl (C=O) groups excluding carboxylic acids is 4. The minimum Gasteiger partial charge on any atom is -0.504 e. The van der Waals surface area contributed by atoms with Gasteiger partial charge in [0.15, 0.2) is 23.0 Å². The van der Waals surface area contributed by atoms with E-state index >= 15 is 0 Å². The van der Waals surface area contributed by atoms with Gasteiger partial charge in [-0.1, -0.05) is 36.4 Å². The van der Waals surface area contributed by atoms with Crippen molar-refractivity contribution in [3.8, 4) is 29.1 Å². The Balaban J connectivity index is 1.09. The number of nitrogens with one attached hydrogen (secondary N) is 5. The summed E-state index contributed by atoms with van der Waals surface area (Å²) in [6, 6.07) is 25.5. The van der Waals surface area contributed by atoms with E-state index in [1.807, 2.05) is 24.3 Å². The van der Waals surface area contributed by atoms with Crippen LogP contribution in [-0.2, 0) is 11.2 Å². The Labute approximate surface area is 352 Å². The van der Waals surface area contributed by atoms with Gasteiger partial charge in [-0.05, 0) is 83.9 Å². The first-order valence-corrected chi connectivity index (χ1v) is 18.4. The zero-order chi connectivity index (χ0) is 44.3. The number of anilines is 3. The molecular formula is C44H36N8O10. The number of aromatic amines is 1. The summed E-state index contributed by atoms with van der Waals surface area (Å²) in [6.07, 6.45) is 5.18. The summed E-state index contributed by atoms with van der Waals surface area (Å²) in [6.45, 7) is 0. The highest BCUT2D eigenvalue weighted by molar-refractivity contribution is 6.10. The van der Waals surface area contributed by atoms with Crippen LogP contribution in [0.25, 0.3) is 12.2 Å². The molecule has 18 nitrogen and oxygen atoms in total. The Hall–Kier alpha value is -8.98. The molecule has 4 amide bonds. The maximum atomic E-state index is 13.5. The molecule has 0 aliphatic rings. The van der Waals surface area contributed by atoms with Gasteiger partial charge < -0.3 is 46.1 Å². The number of carbonyl (C=O) groups is 5. The SMILES string of the molecule is COc1c(NC(=O)c2ccc(NC(=O)c3ccc(NC(=O)[C@H](Cc4cn[nH]n4)NC(=O)c4ccc(/C=C/c5ccc(C#N)cc5)cc4)cc3)c(OC)c2O)ccc(C(=O)O)c1O. The van der Waals surface area contributed by atoms with Gasteiger partial charge in [0.1, 0.15) is 11.6 Å². The molecule has 312 valence electrons. The molecule has 5 aromatic carbocycles. The summed E-state index contributed by atoms with van der Waals surface area (Å²) in [7, 11) is 2.38. The first kappa shape index (κ1) is 42.6. The van der Waals surface area contributed by atoms with E-state index in [2.05, 4.69) is 42.7 Å². The number of nitriles is 1. The number of phenolic OH excluding ortho intramolecular Hbond substituents is 1. The number of nitrogens with zero attached hydrogens (tertiary/aromatic N) is 3. The van der Waals surface area contributed by atoms with Gasteiger partial charge in [0.05, 0.1) is 54.7 Å². The predicted octanol–water partition coefficient (Wildman–Crippen LogP) is 5.46. The molecule has 0 aliphatic heterocycles. The molecule has 6 rings (SSSR count). The standard InChI is InChI=1S/C44H36N8O10/c1-61-38-33(19-17-31(36(38)53)42(57)49-34-20-18-32(44(59)60)37(54)39(34)62-2)48-40(55)28-13-15-29(16-14-28)47-43(58)35(21-30-23-46-52-51-30)50-41(56)27-11-9-25(10-12-27)4-3-24-5-7-26(22-45)8-6-24/h3-20,23,35,53-54H,21H2,1-2H3,(H,47,58)(H,48,55)(H,49,57)(H,50,56)(H,59,60)(H,46,51,52)/b4-3+/t35-/m0/s1. The Morgan fingerprint density at radius 1 is 0.710 bits per heavy atom. The van der Waals surface area contributed by atoms with Crippen molar-refractivity contribution >= 4 is 58.8 Å². The van der Waals surface area contributed by atoms with Gasteiger partial charge in [0, 0.05) is 23.2 Å². The lowest BCUT2D eigenvalue weighted by Crippen LogP contribution is -2.45. The largest absolute Gasteiger partial charge is 0.504 e. The minimum atomic E-state index is -1.42. The summed E-state index contributed by atoms with van der Waals surface area (Å²) in [5.74, 6) is -5.93. The number of ether oxygens (including phenoxy) is 2. The number of benzene rings is 5. The van der Waals surface area contributed by atoms with E-state index in [4.69, 9.17) is 14.7 Å². The Morgan fingerprint density at radius 3 is 1.79 bits per heavy atom. The zero-order valence-electron chi connectivity index (χ0n) is 32.8. The quantitative estimate of drug-likeness (QED) is 0.0598. The fourth-order valence-electron chi connectivity index (χ4n) is 6.02. The number of methoxy groups -OCH3 is 2. The van der Waals surface area contributed by atoms with Gasteiger partial charge in [-0.2, -0.15) is 20.7 Å². The third kappa shape index (κ3) is 9.99. The lowest BCUT2D eigenvalue weighted by Gasteiger charge is -2.18. The maximum Gasteiger partial charge on any atom is 0.339 e. The summed E-state index contributed by atoms with van der Waals surface area (Å²) in [5, 5.41) is 60.4. The first-order chi connectivity index (χ1) is 29.9. The first-order valence-electron chi connectivity index (χ1n) is 18.4. The molecule has 8 N–H and O–H groups in total. The van der Waals surface area contributed by atoms with Crippen LogP contribution >= 0.6 is 0 Å². The molecule has 1 aromatic heterocycles. The number of amides is 4. The van der Waals surface area contributed by atoms with E-state index < -0.39 is 52.7 Å². The molecule has 1 heterocycles. The van der Waals surface area contributed by atoms with Crippen molar-refractivity contribution in [1.29, 1.82) is 5.26 Å². The van der Waals surface area contributed by atoms with Gasteiger partial charge in [-0.15, -0.1) is 0 Å². The van der Waals surface area contributed by atoms with Crippen LogP contribution in [0.2, 0.25) is 0 Å². The number of aromatic nitrogens is 3. The molecule has 0 saturated carbocycles. The molecule has 0 aliphatic carbocycles. The summed E-state index contributed by atoms with van der Waals surface area (Å²) < 4.78 is 10.4. The van der Waals surface area contributed by atoms with Crippen LogP contribution in [0.3, 0.4) is 0 Å². The van der Waals surface area contributed by atoms with E-state index in [0.29, 0.717) is 22.5 Å². The van der Waals surface area contributed by atoms with Crippen molar-refractivity contribution < 1.29 is 48.8 Å². The van der Waals surface area contributed by atoms with Crippen LogP contribution in [0.15, 0.2) is 103 Å². The summed E-state index contributed by atoms with van der Waals surface area (Å²) in [4.78, 5) is 64.7. The van der Waals surface area contributed by atoms with Crippen LogP contribution in [0.5, 0.6) is 23.0 Å². The monoisotopic (exact) mass is 836 g/mol. The second-order valence-electron chi connectivity index (χ2n) is 13.2. The number of H-pyrrole nitrogens is 1. The van der Waals surface area contributed by atoms with Crippen LogP contribution in [0.4, 0.5) is 17.1 Å². The second-order valence-corrected chi connectivity index (χ2v) is 13.2. The lowest BCUT2D eigenvalue weighted by atomic mass is 10.1. The van der Waals surface area contributed by atoms with Crippen molar-refractivity contribution in [2.75, 3.05) is 30.2 Å². The summed E-state index contributed by atoms with van der Waals surface area (Å²) in [5.41, 5.74) is 2.64. The Kier molecular flexibility index (Phi) is 13.2. The van der Waals surface area contributed by atoms with Crippen molar-refractivity contribution in [3.63, 3.8) is 0 Å². The van der Waals surface area contributed by atoms with Crippen molar-refractivity contribution in [3.05, 3.63) is 148 Å². The molecule has 6 aromatic rings. The van der Waals surface area contributed by atoms with Crippen LogP contribution < -0.4 is 30.7 Å². The van der Waals surface area contributed by atoms with E-state index in [1.54, 1.807) is 36.4 Å². The number of aromatic hydroxyl groups is 2. The number of carboxylic acids is 1. The highest BCUT2D eigenvalue weighted by Crippen LogP contribution is 2.40. The molecule has 0 radical (unpaired) electrons. The van der Waals surface area contributed by atoms with Gasteiger partial charge in [-0.3, -0.25) is 19.2 Å². The third-order valence-corrected chi connectivity index (χ3v) is 9.24. The minimum absolute atomic E-state index is 0.00520. The van der Waals surface area contributed by atoms with Crippen LogP contribution in [-0.4, -0.2) is 80.6 Å². The molecule has 0 spiro atoms. The van der Waals surface area contributed by atoms with Gasteiger partial charge in [-0.25, -0.2) is 4.79 Å². The molecule has 62 heavy (non-hydrogen) atoms. The highest BCUT2D eigenvalue weighted by Gasteiger charge is 2.25. The molecule has 0 unspecified atom stereocenters. The molecule has 1 atom stereocenters. The molecular weight excluding hydrogens is 801 g/mol. The smallest absolute Gasteiger partial charge is 0.339 e. The Morgan fingerprint density at radius 2 is 1.24 bits per heavy atom. The third-order valence-electron chi connectivity index (χ3n) is 9.24. The van der Waals surface area contributed by atoms with Gasteiger partial charge in [0.2, 0.25) is 5.91 Å². The van der Waals surface area contributed by atoms with Crippen molar-refractivity contribution in [2.45, 2.75) is 12.5 Å². The van der Waals surface area contributed by atoms with E-state index in [9.17, 15) is 39.3 Å². The number of carboxylic acid groups (broad SMARTS) is 1. The van der Waals surface area contributed by atoms with E-state index in [-0.39, 0.29) is 40.4 Å². The normalized spacial score (nSPS) is 11.2. The number of rotatable bonds is 15. The topological polar surface area (TPSA) is 278 Å². The van der Waals surface area contributed by atoms with Crippen LogP contribution in [0, 0.1) is 11.3 Å². The number of hydrogen-bond acceptors (Lipinski definition) is 12. The van der Waals surface area contributed by atoms with Gasteiger partial charge >= 0.3 is 5.97 Å². The summed E-state index contributed by atoms with van der Waals surface area (Å²) >= 11 is 0. The molecule has 0 fully saturated rings. The zero-order valence-corrected chi connectivity index (χ0v) is 32.8. The fourth-order valence-corrected chi connectivity index (χ4v) is 6.02. The molecule has 0 saturated heterocycles. The second kappa shape index (κ2) is 19.2. The molecule has 18 heteroatoms. The average Bonchev–Trinajstić information content (AvgIpc) is 3.79. The van der Waals surface area contributed by atoms with Crippen LogP contribution in [0.1, 0.15) is 63.8 Å². The lowest BCUT2D eigenvalue weighted by molar-refractivity contribution is -0.118. The fraction of sp³-hybridized carbons (Fsp3) is 0.0909. The predicted molar refractivity (Wildman–Crippen MR) is 225 cm³/mol. The Bertz CT molecular complexity index is 2710. The average molecular weight is 837 g/mol.